The van der Waals surface area contributed by atoms with Crippen molar-refractivity contribution in [2.75, 3.05) is 13.2 Å². The predicted molar refractivity (Wildman–Crippen MR) is 82.5 cm³/mol. The van der Waals surface area contributed by atoms with Crippen LogP contribution in [-0.2, 0) is 4.79 Å². The number of hydrogen-bond acceptors (Lipinski definition) is 4. The molecule has 1 aromatic carbocycles. The molecule has 0 atom stereocenters. The molecule has 0 aliphatic heterocycles. The molecule has 2 N–H and O–H groups in total. The number of unbranched alkanes of at least 4 members (excludes halogenated alkanes) is 1. The number of benzene rings is 1. The van der Waals surface area contributed by atoms with E-state index in [0.717, 1.165) is 12.8 Å². The van der Waals surface area contributed by atoms with Crippen LogP contribution in [0.1, 0.15) is 45.1 Å². The third-order valence-corrected chi connectivity index (χ3v) is 3.02. The SMILES string of the molecule is CCCCOc1ccc(C(C)=NCCCC(=O)O)c(O)c1. The number of aromatic hydroxyl groups is 1. The molecule has 0 heterocycles. The summed E-state index contributed by atoms with van der Waals surface area (Å²) in [4.78, 5) is 14.7. The first-order chi connectivity index (χ1) is 10.0. The summed E-state index contributed by atoms with van der Waals surface area (Å²) in [6, 6.07) is 5.16. The summed E-state index contributed by atoms with van der Waals surface area (Å²) >= 11 is 0. The van der Waals surface area contributed by atoms with Crippen LogP contribution in [0.15, 0.2) is 23.2 Å². The van der Waals surface area contributed by atoms with Gasteiger partial charge in [0, 0.05) is 30.3 Å². The van der Waals surface area contributed by atoms with Crippen LogP contribution in [0, 0.1) is 0 Å². The van der Waals surface area contributed by atoms with Crippen LogP contribution in [0.2, 0.25) is 0 Å². The van der Waals surface area contributed by atoms with Gasteiger partial charge in [-0.15, -0.1) is 0 Å². The number of aliphatic carboxylic acids is 1. The highest BCUT2D eigenvalue weighted by Crippen LogP contribution is 2.24. The van der Waals surface area contributed by atoms with E-state index in [9.17, 15) is 9.90 Å². The molecule has 0 unspecified atom stereocenters. The van der Waals surface area contributed by atoms with Crippen molar-refractivity contribution in [3.63, 3.8) is 0 Å². The number of hydrogen-bond donors (Lipinski definition) is 2. The Morgan fingerprint density at radius 1 is 1.33 bits per heavy atom. The zero-order chi connectivity index (χ0) is 15.7. The van der Waals surface area contributed by atoms with Gasteiger partial charge in [-0.25, -0.2) is 0 Å². The molecule has 5 heteroatoms. The van der Waals surface area contributed by atoms with Crippen LogP contribution in [-0.4, -0.2) is 35.0 Å². The first kappa shape index (κ1) is 17.0. The lowest BCUT2D eigenvalue weighted by molar-refractivity contribution is -0.137. The van der Waals surface area contributed by atoms with E-state index < -0.39 is 5.97 Å². The number of ether oxygens (including phenoxy) is 1. The fraction of sp³-hybridized carbons (Fsp3) is 0.500. The summed E-state index contributed by atoms with van der Waals surface area (Å²) in [5.41, 5.74) is 1.34. The minimum Gasteiger partial charge on any atom is -0.507 e. The second kappa shape index (κ2) is 9.00. The lowest BCUT2D eigenvalue weighted by Gasteiger charge is -2.09. The molecule has 0 fully saturated rings. The van der Waals surface area contributed by atoms with E-state index in [2.05, 4.69) is 11.9 Å². The van der Waals surface area contributed by atoms with Crippen molar-refractivity contribution < 1.29 is 19.7 Å². The van der Waals surface area contributed by atoms with E-state index in [4.69, 9.17) is 9.84 Å². The number of carbonyl (C=O) groups is 1. The molecule has 21 heavy (non-hydrogen) atoms. The minimum absolute atomic E-state index is 0.104. The van der Waals surface area contributed by atoms with Crippen molar-refractivity contribution in [1.29, 1.82) is 0 Å². The molecule has 5 nitrogen and oxygen atoms in total. The zero-order valence-electron chi connectivity index (χ0n) is 12.6. The molecule has 0 radical (unpaired) electrons. The Bertz CT molecular complexity index is 497. The Labute approximate surface area is 125 Å². The van der Waals surface area contributed by atoms with E-state index in [1.807, 2.05) is 0 Å². The van der Waals surface area contributed by atoms with Gasteiger partial charge in [-0.3, -0.25) is 9.79 Å². The molecule has 0 bridgehead atoms. The highest BCUT2D eigenvalue weighted by atomic mass is 16.5. The largest absolute Gasteiger partial charge is 0.507 e. The normalized spacial score (nSPS) is 11.4. The van der Waals surface area contributed by atoms with Crippen LogP contribution in [0.3, 0.4) is 0 Å². The van der Waals surface area contributed by atoms with E-state index in [1.165, 1.54) is 0 Å². The minimum atomic E-state index is -0.820. The molecular weight excluding hydrogens is 270 g/mol. The summed E-state index contributed by atoms with van der Waals surface area (Å²) < 4.78 is 5.52. The maximum Gasteiger partial charge on any atom is 0.303 e. The molecule has 0 saturated heterocycles. The van der Waals surface area contributed by atoms with Crippen molar-refractivity contribution in [2.24, 2.45) is 4.99 Å². The Morgan fingerprint density at radius 2 is 2.10 bits per heavy atom. The summed E-state index contributed by atoms with van der Waals surface area (Å²) in [5, 5.41) is 18.6. The van der Waals surface area contributed by atoms with Gasteiger partial charge in [0.1, 0.15) is 11.5 Å². The standard InChI is InChI=1S/C16H23NO4/c1-3-4-10-21-13-7-8-14(15(18)11-13)12(2)17-9-5-6-16(19)20/h7-8,11,18H,3-6,9-10H2,1-2H3,(H,19,20). The number of phenols is 1. The first-order valence-electron chi connectivity index (χ1n) is 7.23. The molecule has 0 amide bonds. The van der Waals surface area contributed by atoms with Crippen molar-refractivity contribution in [1.82, 2.24) is 0 Å². The summed E-state index contributed by atoms with van der Waals surface area (Å²) in [6.45, 7) is 4.96. The zero-order valence-corrected chi connectivity index (χ0v) is 12.6. The molecule has 0 aliphatic carbocycles. The van der Waals surface area contributed by atoms with Crippen molar-refractivity contribution in [3.8, 4) is 11.5 Å². The summed E-state index contributed by atoms with van der Waals surface area (Å²) in [5.74, 6) is -0.0499. The van der Waals surface area contributed by atoms with Crippen molar-refractivity contribution >= 4 is 11.7 Å². The second-order valence-corrected chi connectivity index (χ2v) is 4.85. The highest BCUT2D eigenvalue weighted by molar-refractivity contribution is 6.01. The number of nitrogens with zero attached hydrogens (tertiary/aromatic N) is 1. The van der Waals surface area contributed by atoms with E-state index in [0.29, 0.717) is 36.6 Å². The van der Waals surface area contributed by atoms with Gasteiger partial charge in [0.25, 0.3) is 0 Å². The fourth-order valence-electron chi connectivity index (χ4n) is 1.80. The van der Waals surface area contributed by atoms with Gasteiger partial charge in [-0.1, -0.05) is 13.3 Å². The molecule has 1 rings (SSSR count). The van der Waals surface area contributed by atoms with E-state index in [-0.39, 0.29) is 12.2 Å². The molecule has 1 aromatic rings. The quantitative estimate of drug-likeness (QED) is 0.541. The third-order valence-electron chi connectivity index (χ3n) is 3.02. The van der Waals surface area contributed by atoms with Crippen LogP contribution in [0.5, 0.6) is 11.5 Å². The molecule has 116 valence electrons. The number of carboxylic acids is 1. The average Bonchev–Trinajstić information content (AvgIpc) is 2.43. The second-order valence-electron chi connectivity index (χ2n) is 4.85. The third kappa shape index (κ3) is 6.29. The van der Waals surface area contributed by atoms with Crippen LogP contribution < -0.4 is 4.74 Å². The fourth-order valence-corrected chi connectivity index (χ4v) is 1.80. The van der Waals surface area contributed by atoms with Gasteiger partial charge in [0.15, 0.2) is 0 Å². The summed E-state index contributed by atoms with van der Waals surface area (Å²) in [6.07, 6.45) is 2.64. The van der Waals surface area contributed by atoms with Crippen LogP contribution in [0.25, 0.3) is 0 Å². The van der Waals surface area contributed by atoms with Crippen LogP contribution >= 0.6 is 0 Å². The van der Waals surface area contributed by atoms with Gasteiger partial charge >= 0.3 is 5.97 Å². The molecule has 0 aliphatic rings. The number of phenolic OH excluding ortho intramolecular Hbond substituents is 1. The molecule has 0 spiro atoms. The Morgan fingerprint density at radius 3 is 2.71 bits per heavy atom. The van der Waals surface area contributed by atoms with Crippen LogP contribution in [0.4, 0.5) is 0 Å². The summed E-state index contributed by atoms with van der Waals surface area (Å²) in [7, 11) is 0. The lowest BCUT2D eigenvalue weighted by atomic mass is 10.1. The van der Waals surface area contributed by atoms with Gasteiger partial charge < -0.3 is 14.9 Å². The van der Waals surface area contributed by atoms with Crippen molar-refractivity contribution in [3.05, 3.63) is 23.8 Å². The number of carboxylic acid groups (broad SMARTS) is 1. The van der Waals surface area contributed by atoms with Gasteiger partial charge in [-0.2, -0.15) is 0 Å². The van der Waals surface area contributed by atoms with Crippen molar-refractivity contribution in [2.45, 2.75) is 39.5 Å². The Balaban J connectivity index is 2.61. The number of rotatable bonds is 9. The highest BCUT2D eigenvalue weighted by Gasteiger charge is 2.06. The van der Waals surface area contributed by atoms with Gasteiger partial charge in [-0.05, 0) is 31.9 Å². The maximum atomic E-state index is 10.4. The van der Waals surface area contributed by atoms with Gasteiger partial charge in [0.05, 0.1) is 6.61 Å². The maximum absolute atomic E-state index is 10.4. The topological polar surface area (TPSA) is 79.1 Å². The monoisotopic (exact) mass is 293 g/mol. The molecular formula is C16H23NO4. The molecule has 0 aromatic heterocycles. The van der Waals surface area contributed by atoms with E-state index >= 15 is 0 Å². The van der Waals surface area contributed by atoms with E-state index in [1.54, 1.807) is 25.1 Å². The Hall–Kier alpha value is -2.04. The smallest absolute Gasteiger partial charge is 0.303 e. The van der Waals surface area contributed by atoms with Gasteiger partial charge in [0.2, 0.25) is 0 Å². The first-order valence-corrected chi connectivity index (χ1v) is 7.23. The average molecular weight is 293 g/mol. The Kier molecular flexibility index (Phi) is 7.29. The molecule has 0 saturated carbocycles. The number of aliphatic imine (C=N–C) groups is 1. The predicted octanol–water partition coefficient (Wildman–Crippen LogP) is 3.24. The lowest BCUT2D eigenvalue weighted by Crippen LogP contribution is -2.01.